The zero-order valence-corrected chi connectivity index (χ0v) is 6.16. The Kier molecular flexibility index (Phi) is 1.37. The summed E-state index contributed by atoms with van der Waals surface area (Å²) in [7, 11) is 0. The highest BCUT2D eigenvalue weighted by atomic mass is 16.4. The molecule has 59 valence electrons. The predicted molar refractivity (Wildman–Crippen MR) is 44.1 cm³/mol. The number of fused-ring (bicyclic) bond motifs is 1. The van der Waals surface area contributed by atoms with Crippen LogP contribution in [0, 0.1) is 6.07 Å². The number of rotatable bonds is 1. The van der Waals surface area contributed by atoms with Gasteiger partial charge in [-0.25, -0.2) is 4.79 Å². The molecule has 3 heteroatoms. The summed E-state index contributed by atoms with van der Waals surface area (Å²) in [6.45, 7) is 0. The number of hydrogen-bond acceptors (Lipinski definition) is 1. The summed E-state index contributed by atoms with van der Waals surface area (Å²) < 4.78 is 0. The molecule has 0 fully saturated rings. The third kappa shape index (κ3) is 0.955. The summed E-state index contributed by atoms with van der Waals surface area (Å²) in [5.74, 6) is -0.945. The topological polar surface area (TPSA) is 53.1 Å². The SMILES string of the molecule is O=C(O)c1cc2[c]cccc2[nH]1. The molecule has 0 saturated carbocycles. The van der Waals surface area contributed by atoms with Gasteiger partial charge in [-0.3, -0.25) is 0 Å². The van der Waals surface area contributed by atoms with Crippen molar-refractivity contribution >= 4 is 16.9 Å². The lowest BCUT2D eigenvalue weighted by Gasteiger charge is -1.84. The van der Waals surface area contributed by atoms with Crippen LogP contribution in [-0.2, 0) is 0 Å². The van der Waals surface area contributed by atoms with Gasteiger partial charge >= 0.3 is 5.97 Å². The molecule has 2 N–H and O–H groups in total. The Balaban J connectivity index is 2.70. The standard InChI is InChI=1S/C9H6NO2/c11-9(12)8-5-6-3-1-2-4-7(6)10-8/h1-2,4-5,10H,(H,11,12). The summed E-state index contributed by atoms with van der Waals surface area (Å²) >= 11 is 0. The van der Waals surface area contributed by atoms with Crippen molar-refractivity contribution in [3.8, 4) is 0 Å². The van der Waals surface area contributed by atoms with Crippen LogP contribution in [0.25, 0.3) is 10.9 Å². The Hall–Kier alpha value is -1.77. The quantitative estimate of drug-likeness (QED) is 0.666. The van der Waals surface area contributed by atoms with Gasteiger partial charge in [0, 0.05) is 10.9 Å². The Labute approximate surface area is 68.6 Å². The summed E-state index contributed by atoms with van der Waals surface area (Å²) in [6.07, 6.45) is 0. The Morgan fingerprint density at radius 1 is 1.58 bits per heavy atom. The van der Waals surface area contributed by atoms with E-state index in [-0.39, 0.29) is 5.69 Å². The second-order valence-corrected chi connectivity index (χ2v) is 2.49. The van der Waals surface area contributed by atoms with Gasteiger partial charge in [-0.2, -0.15) is 0 Å². The van der Waals surface area contributed by atoms with Gasteiger partial charge in [-0.05, 0) is 18.2 Å². The number of carboxylic acids is 1. The minimum absolute atomic E-state index is 0.201. The van der Waals surface area contributed by atoms with Crippen LogP contribution >= 0.6 is 0 Å². The highest BCUT2D eigenvalue weighted by Crippen LogP contribution is 2.13. The zero-order chi connectivity index (χ0) is 8.55. The van der Waals surface area contributed by atoms with Gasteiger partial charge in [0.05, 0.1) is 0 Å². The van der Waals surface area contributed by atoms with Gasteiger partial charge in [-0.1, -0.05) is 12.1 Å². The molecule has 2 rings (SSSR count). The number of benzene rings is 1. The molecular formula is C9H6NO2. The van der Waals surface area contributed by atoms with Gasteiger partial charge < -0.3 is 10.1 Å². The van der Waals surface area contributed by atoms with E-state index in [0.717, 1.165) is 10.9 Å². The van der Waals surface area contributed by atoms with Crippen LogP contribution in [0.15, 0.2) is 24.3 Å². The minimum atomic E-state index is -0.945. The zero-order valence-electron chi connectivity index (χ0n) is 6.16. The fraction of sp³-hybridized carbons (Fsp3) is 0. The molecule has 0 amide bonds. The number of aromatic nitrogens is 1. The van der Waals surface area contributed by atoms with Crippen LogP contribution in [0.5, 0.6) is 0 Å². The maximum atomic E-state index is 10.5. The molecule has 1 aromatic heterocycles. The van der Waals surface area contributed by atoms with Gasteiger partial charge in [-0.15, -0.1) is 0 Å². The summed E-state index contributed by atoms with van der Waals surface area (Å²) in [4.78, 5) is 13.3. The molecule has 0 aliphatic heterocycles. The molecule has 0 aliphatic rings. The smallest absolute Gasteiger partial charge is 0.352 e. The van der Waals surface area contributed by atoms with E-state index in [2.05, 4.69) is 11.1 Å². The fourth-order valence-corrected chi connectivity index (χ4v) is 1.12. The third-order valence-corrected chi connectivity index (χ3v) is 1.68. The average molecular weight is 160 g/mol. The molecule has 2 aromatic rings. The summed E-state index contributed by atoms with van der Waals surface area (Å²) in [6, 6.07) is 9.88. The fourth-order valence-electron chi connectivity index (χ4n) is 1.12. The van der Waals surface area contributed by atoms with Crippen molar-refractivity contribution in [2.45, 2.75) is 0 Å². The first-order chi connectivity index (χ1) is 5.77. The highest BCUT2D eigenvalue weighted by molar-refractivity contribution is 5.93. The predicted octanol–water partition coefficient (Wildman–Crippen LogP) is 1.67. The molecule has 1 aromatic carbocycles. The second kappa shape index (κ2) is 2.37. The van der Waals surface area contributed by atoms with Crippen LogP contribution in [0.2, 0.25) is 0 Å². The molecule has 0 spiro atoms. The van der Waals surface area contributed by atoms with Crippen molar-refractivity contribution < 1.29 is 9.90 Å². The lowest BCUT2D eigenvalue weighted by Crippen LogP contribution is -1.94. The normalized spacial score (nSPS) is 10.3. The van der Waals surface area contributed by atoms with E-state index in [9.17, 15) is 4.79 Å². The van der Waals surface area contributed by atoms with E-state index in [1.807, 2.05) is 12.1 Å². The number of aromatic carboxylic acids is 1. The average Bonchev–Trinajstić information content (AvgIpc) is 2.46. The molecular weight excluding hydrogens is 154 g/mol. The van der Waals surface area contributed by atoms with Crippen molar-refractivity contribution in [1.82, 2.24) is 4.98 Å². The first-order valence-corrected chi connectivity index (χ1v) is 3.50. The van der Waals surface area contributed by atoms with Crippen molar-refractivity contribution in [2.75, 3.05) is 0 Å². The first-order valence-electron chi connectivity index (χ1n) is 3.50. The number of carbonyl (C=O) groups is 1. The molecule has 0 unspecified atom stereocenters. The largest absolute Gasteiger partial charge is 0.477 e. The molecule has 0 aliphatic carbocycles. The first kappa shape index (κ1) is 6.91. The molecule has 1 heterocycles. The van der Waals surface area contributed by atoms with Crippen molar-refractivity contribution in [1.29, 1.82) is 0 Å². The maximum Gasteiger partial charge on any atom is 0.352 e. The molecule has 3 nitrogen and oxygen atoms in total. The Bertz CT molecular complexity index is 398. The van der Waals surface area contributed by atoms with E-state index < -0.39 is 5.97 Å². The minimum Gasteiger partial charge on any atom is -0.477 e. The summed E-state index contributed by atoms with van der Waals surface area (Å²) in [5, 5.41) is 9.44. The van der Waals surface area contributed by atoms with Crippen LogP contribution in [0.4, 0.5) is 0 Å². The number of nitrogens with one attached hydrogen (secondary N) is 1. The third-order valence-electron chi connectivity index (χ3n) is 1.68. The van der Waals surface area contributed by atoms with E-state index in [1.54, 1.807) is 12.1 Å². The van der Waals surface area contributed by atoms with Gasteiger partial charge in [0.1, 0.15) is 5.69 Å². The van der Waals surface area contributed by atoms with Crippen LogP contribution in [-0.4, -0.2) is 16.1 Å². The van der Waals surface area contributed by atoms with Crippen molar-refractivity contribution in [2.24, 2.45) is 0 Å². The van der Waals surface area contributed by atoms with E-state index in [4.69, 9.17) is 5.11 Å². The van der Waals surface area contributed by atoms with E-state index in [0.29, 0.717) is 0 Å². The Morgan fingerprint density at radius 3 is 3.08 bits per heavy atom. The maximum absolute atomic E-state index is 10.5. The second-order valence-electron chi connectivity index (χ2n) is 2.49. The lowest BCUT2D eigenvalue weighted by molar-refractivity contribution is 0.0691. The molecule has 0 bridgehead atoms. The number of hydrogen-bond donors (Lipinski definition) is 2. The molecule has 1 radical (unpaired) electrons. The van der Waals surface area contributed by atoms with Crippen LogP contribution in [0.1, 0.15) is 10.5 Å². The van der Waals surface area contributed by atoms with Crippen molar-refractivity contribution in [3.63, 3.8) is 0 Å². The molecule has 0 atom stereocenters. The lowest BCUT2D eigenvalue weighted by atomic mass is 10.2. The van der Waals surface area contributed by atoms with Gasteiger partial charge in [0.15, 0.2) is 0 Å². The van der Waals surface area contributed by atoms with Crippen LogP contribution in [0.3, 0.4) is 0 Å². The van der Waals surface area contributed by atoms with Gasteiger partial charge in [0.2, 0.25) is 0 Å². The number of carboxylic acid groups (broad SMARTS) is 1. The van der Waals surface area contributed by atoms with Crippen molar-refractivity contribution in [3.05, 3.63) is 36.0 Å². The van der Waals surface area contributed by atoms with E-state index in [1.165, 1.54) is 0 Å². The van der Waals surface area contributed by atoms with Gasteiger partial charge in [0.25, 0.3) is 0 Å². The van der Waals surface area contributed by atoms with Crippen LogP contribution < -0.4 is 0 Å². The molecule has 0 saturated heterocycles. The molecule has 12 heavy (non-hydrogen) atoms. The number of aromatic amines is 1. The van der Waals surface area contributed by atoms with E-state index >= 15 is 0 Å². The Morgan fingerprint density at radius 2 is 2.42 bits per heavy atom. The summed E-state index contributed by atoms with van der Waals surface area (Å²) in [5.41, 5.74) is 1.00. The number of H-pyrrole nitrogens is 1. The highest BCUT2D eigenvalue weighted by Gasteiger charge is 2.05. The monoisotopic (exact) mass is 160 g/mol.